The Bertz CT molecular complexity index is 1440. The third-order valence-electron chi connectivity index (χ3n) is 5.46. The Morgan fingerprint density at radius 3 is 2.08 bits per heavy atom. The summed E-state index contributed by atoms with van der Waals surface area (Å²) in [5.74, 6) is -1.92. The number of benzene rings is 3. The molecule has 1 aliphatic rings. The molecule has 0 radical (unpaired) electrons. The fourth-order valence-electron chi connectivity index (χ4n) is 3.98. The first-order valence-electron chi connectivity index (χ1n) is 10.8. The summed E-state index contributed by atoms with van der Waals surface area (Å²) in [6.07, 6.45) is -0.486. The second-order valence-corrected chi connectivity index (χ2v) is 10.5. The van der Waals surface area contributed by atoms with Gasteiger partial charge >= 0.3 is 0 Å². The number of amides is 2. The lowest BCUT2D eigenvalue weighted by molar-refractivity contribution is 0.0518. The van der Waals surface area contributed by atoms with Crippen molar-refractivity contribution >= 4 is 45.1 Å². The van der Waals surface area contributed by atoms with Crippen LogP contribution in [-0.4, -0.2) is 57.8 Å². The number of halogens is 3. The van der Waals surface area contributed by atoms with Crippen molar-refractivity contribution in [1.82, 2.24) is 4.90 Å². The molecular formula is C25H20Cl2FNO7S. The molecule has 1 aliphatic heterocycles. The van der Waals surface area contributed by atoms with Gasteiger partial charge in [0.15, 0.2) is 11.5 Å². The number of fused-ring (bicyclic) bond motifs is 1. The zero-order valence-electron chi connectivity index (χ0n) is 19.5. The highest BCUT2D eigenvalue weighted by molar-refractivity contribution is 7.86. The fraction of sp³-hybridized carbons (Fsp3) is 0.200. The van der Waals surface area contributed by atoms with E-state index in [0.717, 1.165) is 17.2 Å². The lowest BCUT2D eigenvalue weighted by atomic mass is 10.0. The molecule has 12 heteroatoms. The van der Waals surface area contributed by atoms with E-state index in [1.54, 1.807) is 30.3 Å². The summed E-state index contributed by atoms with van der Waals surface area (Å²) in [5, 5.41) is 0.484. The van der Waals surface area contributed by atoms with E-state index in [1.165, 1.54) is 25.3 Å². The lowest BCUT2D eigenvalue weighted by Gasteiger charge is -2.23. The number of methoxy groups -OCH3 is 1. The molecule has 1 heterocycles. The van der Waals surface area contributed by atoms with E-state index in [4.69, 9.17) is 36.9 Å². The van der Waals surface area contributed by atoms with Gasteiger partial charge in [-0.15, -0.1) is 0 Å². The Kier molecular flexibility index (Phi) is 7.75. The van der Waals surface area contributed by atoms with Crippen LogP contribution in [0.4, 0.5) is 4.39 Å². The number of nitrogens with zero attached hydrogens (tertiary/aromatic N) is 1. The zero-order valence-corrected chi connectivity index (χ0v) is 21.9. The van der Waals surface area contributed by atoms with Gasteiger partial charge in [0, 0.05) is 17.2 Å². The minimum absolute atomic E-state index is 0.0789. The average Bonchev–Trinajstić information content (AvgIpc) is 3.06. The Morgan fingerprint density at radius 1 is 0.946 bits per heavy atom. The molecule has 194 valence electrons. The average molecular weight is 568 g/mol. The molecule has 0 fully saturated rings. The van der Waals surface area contributed by atoms with Crippen LogP contribution < -0.4 is 9.47 Å². The number of hydrogen-bond acceptors (Lipinski definition) is 7. The van der Waals surface area contributed by atoms with E-state index >= 15 is 0 Å². The summed E-state index contributed by atoms with van der Waals surface area (Å²) in [7, 11) is -2.70. The third kappa shape index (κ3) is 5.72. The largest absolute Gasteiger partial charge is 0.492 e. The van der Waals surface area contributed by atoms with Crippen molar-refractivity contribution in [2.45, 2.75) is 6.10 Å². The number of hydrogen-bond donors (Lipinski definition) is 0. The van der Waals surface area contributed by atoms with Gasteiger partial charge in [-0.1, -0.05) is 41.4 Å². The molecule has 0 spiro atoms. The molecule has 37 heavy (non-hydrogen) atoms. The number of ether oxygens (including phenoxy) is 2. The van der Waals surface area contributed by atoms with Crippen molar-refractivity contribution in [1.29, 1.82) is 0 Å². The Labute approximate surface area is 222 Å². The van der Waals surface area contributed by atoms with Crippen LogP contribution >= 0.6 is 23.2 Å². The van der Waals surface area contributed by atoms with Crippen LogP contribution in [0.3, 0.4) is 0 Å². The van der Waals surface area contributed by atoms with Crippen molar-refractivity contribution in [3.63, 3.8) is 0 Å². The summed E-state index contributed by atoms with van der Waals surface area (Å²) in [6, 6.07) is 13.2. The highest BCUT2D eigenvalue weighted by Crippen LogP contribution is 2.44. The Balaban J connectivity index is 1.64. The van der Waals surface area contributed by atoms with E-state index in [0.29, 0.717) is 5.56 Å². The quantitative estimate of drug-likeness (QED) is 0.270. The van der Waals surface area contributed by atoms with Gasteiger partial charge in [-0.2, -0.15) is 8.42 Å². The van der Waals surface area contributed by atoms with Crippen LogP contribution in [0, 0.1) is 5.82 Å². The van der Waals surface area contributed by atoms with Crippen LogP contribution in [0.1, 0.15) is 20.7 Å². The van der Waals surface area contributed by atoms with Gasteiger partial charge in [0.2, 0.25) is 0 Å². The van der Waals surface area contributed by atoms with Gasteiger partial charge in [-0.3, -0.25) is 18.7 Å². The summed E-state index contributed by atoms with van der Waals surface area (Å²) in [6.45, 7) is -0.907. The van der Waals surface area contributed by atoms with Crippen molar-refractivity contribution in [2.75, 3.05) is 26.5 Å². The number of carbonyl (C=O) groups is 2. The van der Waals surface area contributed by atoms with E-state index in [2.05, 4.69) is 0 Å². The summed E-state index contributed by atoms with van der Waals surface area (Å²) in [5.41, 5.74) is 0.898. The molecule has 0 bridgehead atoms. The second-order valence-electron chi connectivity index (χ2n) is 8.08. The molecule has 0 aliphatic carbocycles. The first-order chi connectivity index (χ1) is 17.5. The smallest absolute Gasteiger partial charge is 0.264 e. The van der Waals surface area contributed by atoms with Crippen LogP contribution in [-0.2, 0) is 14.3 Å². The molecule has 3 aromatic carbocycles. The second kappa shape index (κ2) is 10.7. The fourth-order valence-corrected chi connectivity index (χ4v) is 5.19. The maximum absolute atomic E-state index is 14.6. The summed E-state index contributed by atoms with van der Waals surface area (Å²) < 4.78 is 54.7. The van der Waals surface area contributed by atoms with Crippen molar-refractivity contribution in [2.24, 2.45) is 0 Å². The van der Waals surface area contributed by atoms with Crippen molar-refractivity contribution in [3.8, 4) is 22.6 Å². The number of rotatable bonds is 9. The normalized spacial score (nSPS) is 14.0. The molecule has 4 rings (SSSR count). The predicted molar refractivity (Wildman–Crippen MR) is 135 cm³/mol. The molecule has 1 atom stereocenters. The first-order valence-corrected chi connectivity index (χ1v) is 13.4. The molecular weight excluding hydrogens is 548 g/mol. The Hall–Kier alpha value is -3.18. The third-order valence-corrected chi connectivity index (χ3v) is 6.71. The highest BCUT2D eigenvalue weighted by atomic mass is 35.5. The van der Waals surface area contributed by atoms with Gasteiger partial charge in [0.1, 0.15) is 18.5 Å². The molecule has 0 aromatic heterocycles. The maximum atomic E-state index is 14.6. The molecule has 0 unspecified atom stereocenters. The monoisotopic (exact) mass is 567 g/mol. The van der Waals surface area contributed by atoms with E-state index in [-0.39, 0.29) is 38.2 Å². The highest BCUT2D eigenvalue weighted by Gasteiger charge is 2.37. The molecule has 0 saturated carbocycles. The first kappa shape index (κ1) is 26.9. The van der Waals surface area contributed by atoms with Crippen molar-refractivity contribution < 1.29 is 36.1 Å². The topological polar surface area (TPSA) is 99.2 Å². The maximum Gasteiger partial charge on any atom is 0.264 e. The Morgan fingerprint density at radius 2 is 1.54 bits per heavy atom. The van der Waals surface area contributed by atoms with Gasteiger partial charge in [0.25, 0.3) is 21.9 Å². The summed E-state index contributed by atoms with van der Waals surface area (Å²) in [4.78, 5) is 26.4. The predicted octanol–water partition coefficient (Wildman–Crippen LogP) is 4.83. The standard InChI is InChI=1S/C25H20Cl2FNO7S/c1-34-23-18(22-19(26)8-5-9-20(22)27)10-14(28)11-21(23)35-13-15(36-37(2,32)33)12-29-24(30)16-6-3-4-7-17(16)25(29)31/h3-11,15H,12-13H2,1-2H3/t15-/m1/s1. The van der Waals surface area contributed by atoms with Crippen molar-refractivity contribution in [3.05, 3.63) is 81.6 Å². The molecule has 8 nitrogen and oxygen atoms in total. The van der Waals surface area contributed by atoms with Crippen LogP contribution in [0.5, 0.6) is 11.5 Å². The van der Waals surface area contributed by atoms with E-state index in [9.17, 15) is 22.4 Å². The van der Waals surface area contributed by atoms with Gasteiger partial charge < -0.3 is 9.47 Å². The molecule has 0 saturated heterocycles. The van der Waals surface area contributed by atoms with Crippen LogP contribution in [0.25, 0.3) is 11.1 Å². The summed E-state index contributed by atoms with van der Waals surface area (Å²) >= 11 is 12.6. The molecule has 3 aromatic rings. The molecule has 2 amide bonds. The van der Waals surface area contributed by atoms with Crippen LogP contribution in [0.15, 0.2) is 54.6 Å². The minimum atomic E-state index is -4.03. The number of carbonyl (C=O) groups excluding carboxylic acids is 2. The molecule has 0 N–H and O–H groups in total. The van der Waals surface area contributed by atoms with Crippen LogP contribution in [0.2, 0.25) is 10.0 Å². The van der Waals surface area contributed by atoms with Gasteiger partial charge in [-0.05, 0) is 30.3 Å². The zero-order chi connectivity index (χ0) is 26.9. The van der Waals surface area contributed by atoms with E-state index < -0.39 is 47.0 Å². The SMILES string of the molecule is COc1c(OC[C@@H](CN2C(=O)c3ccccc3C2=O)OS(C)(=O)=O)cc(F)cc1-c1c(Cl)cccc1Cl. The lowest BCUT2D eigenvalue weighted by Crippen LogP contribution is -2.41. The van der Waals surface area contributed by atoms with E-state index in [1.807, 2.05) is 0 Å². The van der Waals surface area contributed by atoms with Gasteiger partial charge in [0.05, 0.1) is 41.1 Å². The number of imide groups is 1. The van der Waals surface area contributed by atoms with Gasteiger partial charge in [-0.25, -0.2) is 4.39 Å². The minimum Gasteiger partial charge on any atom is -0.492 e.